The summed E-state index contributed by atoms with van der Waals surface area (Å²) in [5, 5.41) is 6.13. The summed E-state index contributed by atoms with van der Waals surface area (Å²) in [7, 11) is 0. The molecule has 2 amide bonds. The van der Waals surface area contributed by atoms with Crippen LogP contribution in [0.3, 0.4) is 0 Å². The lowest BCUT2D eigenvalue weighted by atomic mass is 9.79. The van der Waals surface area contributed by atoms with Gasteiger partial charge in [-0.15, -0.1) is 0 Å². The number of carbonyl (C=O) groups excluding carboxylic acids is 1. The van der Waals surface area contributed by atoms with E-state index in [1.807, 2.05) is 19.1 Å². The number of likely N-dealkylation sites (tertiary alicyclic amines) is 1. The van der Waals surface area contributed by atoms with Crippen molar-refractivity contribution in [2.45, 2.75) is 69.9 Å². The molecule has 2 heterocycles. The zero-order valence-corrected chi connectivity index (χ0v) is 14.9. The van der Waals surface area contributed by atoms with Crippen molar-refractivity contribution in [3.05, 3.63) is 24.2 Å². The molecule has 1 saturated carbocycles. The number of nitrogens with zero attached hydrogens (tertiary/aromatic N) is 1. The van der Waals surface area contributed by atoms with Crippen molar-refractivity contribution in [3.8, 4) is 0 Å². The molecule has 134 valence electrons. The van der Waals surface area contributed by atoms with E-state index in [2.05, 4.69) is 15.5 Å². The van der Waals surface area contributed by atoms with Crippen LogP contribution in [0.15, 0.2) is 22.8 Å². The largest absolute Gasteiger partial charge is 0.467 e. The van der Waals surface area contributed by atoms with Crippen molar-refractivity contribution in [1.82, 2.24) is 15.5 Å². The van der Waals surface area contributed by atoms with Gasteiger partial charge in [-0.3, -0.25) is 4.90 Å². The Kier molecular flexibility index (Phi) is 5.82. The summed E-state index contributed by atoms with van der Waals surface area (Å²) < 4.78 is 5.35. The number of hydrogen-bond donors (Lipinski definition) is 2. The quantitative estimate of drug-likeness (QED) is 0.861. The van der Waals surface area contributed by atoms with Gasteiger partial charge in [0.15, 0.2) is 0 Å². The molecule has 1 aromatic heterocycles. The minimum Gasteiger partial charge on any atom is -0.467 e. The Bertz CT molecular complexity index is 503. The Morgan fingerprint density at radius 2 is 1.92 bits per heavy atom. The van der Waals surface area contributed by atoms with Gasteiger partial charge in [0, 0.05) is 12.1 Å². The second-order valence-electron chi connectivity index (χ2n) is 7.40. The molecule has 5 heteroatoms. The highest BCUT2D eigenvalue weighted by molar-refractivity contribution is 5.74. The van der Waals surface area contributed by atoms with Crippen LogP contribution in [0.4, 0.5) is 4.79 Å². The average Bonchev–Trinajstić information content (AvgIpc) is 3.16. The molecule has 2 fully saturated rings. The monoisotopic (exact) mass is 333 g/mol. The Labute approximate surface area is 145 Å². The summed E-state index contributed by atoms with van der Waals surface area (Å²) in [5.74, 6) is 0.786. The number of hydrogen-bond acceptors (Lipinski definition) is 3. The van der Waals surface area contributed by atoms with E-state index in [0.717, 1.165) is 12.3 Å². The third-order valence-electron chi connectivity index (χ3n) is 5.71. The van der Waals surface area contributed by atoms with Gasteiger partial charge < -0.3 is 15.1 Å². The molecular weight excluding hydrogens is 302 g/mol. The lowest BCUT2D eigenvalue weighted by molar-refractivity contribution is 0.0354. The highest BCUT2D eigenvalue weighted by Gasteiger charge is 2.38. The van der Waals surface area contributed by atoms with Crippen LogP contribution in [0, 0.1) is 0 Å². The van der Waals surface area contributed by atoms with E-state index in [1.165, 1.54) is 64.5 Å². The number of piperidine rings is 1. The van der Waals surface area contributed by atoms with Crippen molar-refractivity contribution in [1.29, 1.82) is 0 Å². The Morgan fingerprint density at radius 1 is 1.21 bits per heavy atom. The first-order valence-corrected chi connectivity index (χ1v) is 9.52. The summed E-state index contributed by atoms with van der Waals surface area (Å²) >= 11 is 0. The summed E-state index contributed by atoms with van der Waals surface area (Å²) in [6, 6.07) is 3.53. The third kappa shape index (κ3) is 4.12. The molecule has 1 aliphatic carbocycles. The topological polar surface area (TPSA) is 57.5 Å². The van der Waals surface area contributed by atoms with E-state index in [-0.39, 0.29) is 17.6 Å². The molecule has 5 nitrogen and oxygen atoms in total. The molecule has 1 aromatic rings. The molecule has 1 aliphatic heterocycles. The smallest absolute Gasteiger partial charge is 0.315 e. The second-order valence-corrected chi connectivity index (χ2v) is 7.40. The van der Waals surface area contributed by atoms with E-state index in [0.29, 0.717) is 0 Å². The average molecular weight is 333 g/mol. The van der Waals surface area contributed by atoms with Crippen LogP contribution in [0.25, 0.3) is 0 Å². The van der Waals surface area contributed by atoms with Crippen molar-refractivity contribution >= 4 is 6.03 Å². The van der Waals surface area contributed by atoms with Gasteiger partial charge in [-0.05, 0) is 57.8 Å². The highest BCUT2D eigenvalue weighted by Crippen LogP contribution is 2.35. The molecule has 1 saturated heterocycles. The number of carbonyl (C=O) groups is 1. The molecule has 1 unspecified atom stereocenters. The second kappa shape index (κ2) is 8.06. The summed E-state index contributed by atoms with van der Waals surface area (Å²) in [5.41, 5.74) is 0.171. The van der Waals surface area contributed by atoms with Crippen molar-refractivity contribution in [2.75, 3.05) is 19.6 Å². The minimum atomic E-state index is -0.114. The molecule has 0 radical (unpaired) electrons. The van der Waals surface area contributed by atoms with Gasteiger partial charge in [0.25, 0.3) is 0 Å². The van der Waals surface area contributed by atoms with Gasteiger partial charge in [-0.1, -0.05) is 25.7 Å². The van der Waals surface area contributed by atoms with Crippen LogP contribution in [0.5, 0.6) is 0 Å². The summed E-state index contributed by atoms with van der Waals surface area (Å²) in [6.45, 7) is 5.07. The standard InChI is InChI=1S/C19H31N3O2/c1-16(17-9-8-14-24-17)21-18(23)20-15-19(10-4-2-5-11-19)22-12-6-3-7-13-22/h8-9,14,16H,2-7,10-13,15H2,1H3,(H2,20,21,23). The molecular formula is C19H31N3O2. The number of amides is 2. The highest BCUT2D eigenvalue weighted by atomic mass is 16.3. The van der Waals surface area contributed by atoms with Crippen LogP contribution < -0.4 is 10.6 Å². The molecule has 2 N–H and O–H groups in total. The summed E-state index contributed by atoms with van der Waals surface area (Å²) in [4.78, 5) is 15.0. The first-order chi connectivity index (χ1) is 11.7. The van der Waals surface area contributed by atoms with Crippen LogP contribution in [-0.4, -0.2) is 36.1 Å². The van der Waals surface area contributed by atoms with E-state index >= 15 is 0 Å². The molecule has 0 spiro atoms. The first-order valence-electron chi connectivity index (χ1n) is 9.52. The van der Waals surface area contributed by atoms with Crippen molar-refractivity contribution in [2.24, 2.45) is 0 Å². The Morgan fingerprint density at radius 3 is 2.58 bits per heavy atom. The first kappa shape index (κ1) is 17.3. The fourth-order valence-electron chi connectivity index (χ4n) is 4.28. The molecule has 0 bridgehead atoms. The van der Waals surface area contributed by atoms with Crippen LogP contribution in [-0.2, 0) is 0 Å². The molecule has 2 aliphatic rings. The van der Waals surface area contributed by atoms with Crippen LogP contribution >= 0.6 is 0 Å². The van der Waals surface area contributed by atoms with Crippen LogP contribution in [0.1, 0.15) is 70.1 Å². The third-order valence-corrected chi connectivity index (χ3v) is 5.71. The van der Waals surface area contributed by atoms with Gasteiger partial charge in [0.05, 0.1) is 12.3 Å². The van der Waals surface area contributed by atoms with Crippen molar-refractivity contribution < 1.29 is 9.21 Å². The summed E-state index contributed by atoms with van der Waals surface area (Å²) in [6.07, 6.45) is 11.9. The van der Waals surface area contributed by atoms with E-state index in [9.17, 15) is 4.79 Å². The number of furan rings is 1. The predicted octanol–water partition coefficient (Wildman–Crippen LogP) is 3.83. The normalized spacial score (nSPS) is 22.7. The van der Waals surface area contributed by atoms with Gasteiger partial charge in [0.1, 0.15) is 5.76 Å². The molecule has 24 heavy (non-hydrogen) atoms. The van der Waals surface area contributed by atoms with Crippen LogP contribution in [0.2, 0.25) is 0 Å². The maximum absolute atomic E-state index is 12.3. The zero-order chi connectivity index (χ0) is 16.8. The number of nitrogens with one attached hydrogen (secondary N) is 2. The molecule has 3 rings (SSSR count). The fraction of sp³-hybridized carbons (Fsp3) is 0.737. The van der Waals surface area contributed by atoms with Gasteiger partial charge >= 0.3 is 6.03 Å². The maximum atomic E-state index is 12.3. The lowest BCUT2D eigenvalue weighted by Crippen LogP contribution is -2.59. The zero-order valence-electron chi connectivity index (χ0n) is 14.9. The molecule has 0 aromatic carbocycles. The Balaban J connectivity index is 1.55. The SMILES string of the molecule is CC(NC(=O)NCC1(N2CCCCC2)CCCCC1)c1ccco1. The van der Waals surface area contributed by atoms with Crippen molar-refractivity contribution in [3.63, 3.8) is 0 Å². The minimum absolute atomic E-state index is 0.0964. The lowest BCUT2D eigenvalue weighted by Gasteiger charge is -2.48. The van der Waals surface area contributed by atoms with Gasteiger partial charge in [-0.25, -0.2) is 4.79 Å². The van der Waals surface area contributed by atoms with E-state index < -0.39 is 0 Å². The Hall–Kier alpha value is -1.49. The molecule has 1 atom stereocenters. The fourth-order valence-corrected chi connectivity index (χ4v) is 4.28. The predicted molar refractivity (Wildman–Crippen MR) is 94.9 cm³/mol. The van der Waals surface area contributed by atoms with Gasteiger partial charge in [0.2, 0.25) is 0 Å². The van der Waals surface area contributed by atoms with Gasteiger partial charge in [-0.2, -0.15) is 0 Å². The van der Waals surface area contributed by atoms with E-state index in [1.54, 1.807) is 6.26 Å². The number of urea groups is 1. The maximum Gasteiger partial charge on any atom is 0.315 e. The number of rotatable bonds is 5. The van der Waals surface area contributed by atoms with E-state index in [4.69, 9.17) is 4.42 Å².